The first-order chi connectivity index (χ1) is 35.2. The van der Waals surface area contributed by atoms with Crippen molar-refractivity contribution in [2.75, 3.05) is 34.4 Å². The number of aromatic nitrogens is 8. The van der Waals surface area contributed by atoms with Gasteiger partial charge in [0.25, 0.3) is 0 Å². The van der Waals surface area contributed by atoms with E-state index in [1.54, 1.807) is 77.6 Å². The first kappa shape index (κ1) is 50.5. The van der Waals surface area contributed by atoms with Gasteiger partial charge in [-0.3, -0.25) is 0 Å². The van der Waals surface area contributed by atoms with Crippen LogP contribution in [0.4, 0.5) is 34.9 Å². The van der Waals surface area contributed by atoms with Crippen molar-refractivity contribution >= 4 is 88.9 Å². The molecule has 0 unspecified atom stereocenters. The molecular formula is C50H61ClN14O6S2. The fourth-order valence-corrected chi connectivity index (χ4v) is 13.5. The SMILES string of the molecule is CCn1cnc2c(Nc3ccc(S(=O)(=O)N(Cc4cccc(Cl)c4)C4(O)CCC(Nc5nc(Nc6ccc(S(=O)(=O)N7CCCCC7)cc6)c6ncn(CC)c6n5)CC4)cc3)nc(NC3CCC(O)CC3)nc21. The normalized spacial score (nSPS) is 21.2. The highest BCUT2D eigenvalue weighted by atomic mass is 35.5. The van der Waals surface area contributed by atoms with E-state index >= 15 is 0 Å². The number of rotatable bonds is 17. The number of sulfonamides is 2. The van der Waals surface area contributed by atoms with Gasteiger partial charge in [0.05, 0.1) is 28.5 Å². The van der Waals surface area contributed by atoms with Crippen molar-refractivity contribution < 1.29 is 27.0 Å². The lowest BCUT2D eigenvalue weighted by molar-refractivity contribution is -0.0932. The van der Waals surface area contributed by atoms with E-state index < -0.39 is 25.8 Å². The summed E-state index contributed by atoms with van der Waals surface area (Å²) in [5.41, 5.74) is 2.37. The molecule has 7 aromatic rings. The zero-order valence-corrected chi connectivity index (χ0v) is 43.2. The fraction of sp³-hybridized carbons (Fsp3) is 0.440. The smallest absolute Gasteiger partial charge is 0.245 e. The number of nitrogens with zero attached hydrogens (tertiary/aromatic N) is 10. The van der Waals surface area contributed by atoms with Crippen molar-refractivity contribution in [1.82, 2.24) is 47.6 Å². The lowest BCUT2D eigenvalue weighted by Gasteiger charge is -2.43. The molecule has 0 radical (unpaired) electrons. The van der Waals surface area contributed by atoms with Gasteiger partial charge in [0.2, 0.25) is 31.9 Å². The Morgan fingerprint density at radius 2 is 1.21 bits per heavy atom. The zero-order valence-electron chi connectivity index (χ0n) is 40.8. The van der Waals surface area contributed by atoms with E-state index in [1.165, 1.54) is 16.4 Å². The monoisotopic (exact) mass is 1050 g/mol. The fourth-order valence-electron chi connectivity index (χ4n) is 10.0. The Bertz CT molecular complexity index is 3300. The van der Waals surface area contributed by atoms with Gasteiger partial charge in [-0.05, 0) is 144 Å². The third-order valence-electron chi connectivity index (χ3n) is 14.2. The van der Waals surface area contributed by atoms with Gasteiger partial charge in [0.1, 0.15) is 5.72 Å². The number of aliphatic hydroxyl groups is 2. The third-order valence-corrected chi connectivity index (χ3v) is 18.3. The number of aryl methyl sites for hydroxylation is 2. The average Bonchev–Trinajstić information content (AvgIpc) is 4.02. The second-order valence-electron chi connectivity index (χ2n) is 19.2. The lowest BCUT2D eigenvalue weighted by atomic mass is 9.88. The van der Waals surface area contributed by atoms with Crippen molar-refractivity contribution in [2.24, 2.45) is 0 Å². The van der Waals surface area contributed by atoms with Gasteiger partial charge in [-0.25, -0.2) is 26.8 Å². The van der Waals surface area contributed by atoms with Gasteiger partial charge in [-0.2, -0.15) is 28.5 Å². The molecule has 4 aromatic heterocycles. The highest BCUT2D eigenvalue weighted by Crippen LogP contribution is 2.39. The molecule has 0 atom stereocenters. The summed E-state index contributed by atoms with van der Waals surface area (Å²) in [5.74, 6) is 1.63. The Balaban J connectivity index is 0.865. The van der Waals surface area contributed by atoms with Crippen LogP contribution in [0.15, 0.2) is 95.2 Å². The second-order valence-corrected chi connectivity index (χ2v) is 23.4. The Labute approximate surface area is 429 Å². The van der Waals surface area contributed by atoms with E-state index in [0.717, 1.165) is 32.1 Å². The Kier molecular flexibility index (Phi) is 14.6. The molecule has 2 saturated carbocycles. The minimum atomic E-state index is -4.33. The van der Waals surface area contributed by atoms with Crippen LogP contribution in [-0.4, -0.2) is 112 Å². The summed E-state index contributed by atoms with van der Waals surface area (Å²) in [5, 5.41) is 36.6. The number of halogens is 1. The van der Waals surface area contributed by atoms with E-state index in [0.29, 0.717) is 120 Å². The number of piperidine rings is 1. The van der Waals surface area contributed by atoms with Crippen LogP contribution in [-0.2, 0) is 39.7 Å². The van der Waals surface area contributed by atoms with Crippen molar-refractivity contribution in [2.45, 2.75) is 138 Å². The quantitative estimate of drug-likeness (QED) is 0.0473. The van der Waals surface area contributed by atoms with Crippen LogP contribution in [0.5, 0.6) is 0 Å². The van der Waals surface area contributed by atoms with Crippen molar-refractivity contribution in [1.29, 1.82) is 0 Å². The number of anilines is 6. The molecule has 3 fully saturated rings. The van der Waals surface area contributed by atoms with Crippen molar-refractivity contribution in [3.63, 3.8) is 0 Å². The average molecular weight is 1050 g/mol. The minimum Gasteiger partial charge on any atom is -0.393 e. The van der Waals surface area contributed by atoms with Crippen molar-refractivity contribution in [3.05, 3.63) is 96.0 Å². The predicted octanol–water partition coefficient (Wildman–Crippen LogP) is 7.97. The molecule has 0 bridgehead atoms. The highest BCUT2D eigenvalue weighted by molar-refractivity contribution is 7.89. The van der Waals surface area contributed by atoms with Crippen LogP contribution in [0, 0.1) is 0 Å². The molecule has 20 nitrogen and oxygen atoms in total. The Morgan fingerprint density at radius 1 is 0.685 bits per heavy atom. The Morgan fingerprint density at radius 3 is 1.73 bits per heavy atom. The summed E-state index contributed by atoms with van der Waals surface area (Å²) in [6.07, 6.45) is 9.79. The summed E-state index contributed by atoms with van der Waals surface area (Å²) in [4.78, 5) is 28.7. The maximum Gasteiger partial charge on any atom is 0.245 e. The summed E-state index contributed by atoms with van der Waals surface area (Å²) in [6.45, 7) is 6.15. The predicted molar refractivity (Wildman–Crippen MR) is 281 cm³/mol. The maximum atomic E-state index is 14.9. The number of nitrogens with one attached hydrogen (secondary N) is 4. The van der Waals surface area contributed by atoms with Crippen molar-refractivity contribution in [3.8, 4) is 0 Å². The summed E-state index contributed by atoms with van der Waals surface area (Å²) in [7, 11) is -7.94. The lowest BCUT2D eigenvalue weighted by Crippen LogP contribution is -2.54. The summed E-state index contributed by atoms with van der Waals surface area (Å²) >= 11 is 6.40. The second kappa shape index (κ2) is 21.1. The van der Waals surface area contributed by atoms with Crippen LogP contribution in [0.2, 0.25) is 5.02 Å². The summed E-state index contributed by atoms with van der Waals surface area (Å²) < 4.78 is 63.0. The molecule has 3 aliphatic rings. The molecule has 10 rings (SSSR count). The standard InChI is InChI=1S/C50H61ClN14O6S2/c1-3-62-31-52-42-44(58-48(60-46(42)62)56-37-11-17-39(66)18-12-37)55-36-15-21-41(22-16-36)73(70,71)65(30-33-9-8-10-34(51)29-33)50(67)25-23-38(24-26-50)57-49-59-45(43-47(61-49)63(4-2)32-53-43)54-35-13-19-40(20-14-35)72(68,69)64-27-6-5-7-28-64/h8-10,13-16,19-22,29,31-32,37-39,66-67H,3-7,11-12,17-18,23-28,30H2,1-2H3,(H2,54,57,59,61)(H2,55,56,58,60). The van der Waals surface area contributed by atoms with Gasteiger partial charge in [0, 0.05) is 61.2 Å². The third kappa shape index (κ3) is 10.8. The van der Waals surface area contributed by atoms with E-state index in [9.17, 15) is 27.0 Å². The number of benzene rings is 3. The number of hydrogen-bond donors (Lipinski definition) is 6. The number of imidazole rings is 2. The molecular weight excluding hydrogens is 992 g/mol. The van der Waals surface area contributed by atoms with Crippen LogP contribution < -0.4 is 21.3 Å². The van der Waals surface area contributed by atoms with Crippen LogP contribution in [0.1, 0.15) is 90.0 Å². The largest absolute Gasteiger partial charge is 0.393 e. The van der Waals surface area contributed by atoms with E-state index in [1.807, 2.05) is 23.0 Å². The van der Waals surface area contributed by atoms with E-state index in [2.05, 4.69) is 31.2 Å². The zero-order chi connectivity index (χ0) is 50.9. The molecule has 73 heavy (non-hydrogen) atoms. The number of aliphatic hydroxyl groups excluding tert-OH is 1. The molecule has 0 amide bonds. The summed E-state index contributed by atoms with van der Waals surface area (Å²) in [6, 6.07) is 19.8. The maximum absolute atomic E-state index is 14.9. The molecule has 1 saturated heterocycles. The van der Waals surface area contributed by atoms with Gasteiger partial charge in [-0.1, -0.05) is 30.2 Å². The molecule has 386 valence electrons. The topological polar surface area (TPSA) is 251 Å². The van der Waals surface area contributed by atoms with Crippen LogP contribution in [0.3, 0.4) is 0 Å². The molecule has 5 heterocycles. The highest BCUT2D eigenvalue weighted by Gasteiger charge is 2.45. The van der Waals surface area contributed by atoms with Gasteiger partial charge >= 0.3 is 0 Å². The molecule has 0 spiro atoms. The minimum absolute atomic E-state index is 0.00813. The van der Waals surface area contributed by atoms with E-state index in [4.69, 9.17) is 31.5 Å². The molecule has 23 heteroatoms. The van der Waals surface area contributed by atoms with Crippen LogP contribution in [0.25, 0.3) is 22.3 Å². The molecule has 3 aromatic carbocycles. The van der Waals surface area contributed by atoms with E-state index in [-0.39, 0.29) is 47.4 Å². The molecule has 1 aliphatic heterocycles. The van der Waals surface area contributed by atoms with Gasteiger partial charge in [-0.15, -0.1) is 0 Å². The van der Waals surface area contributed by atoms with Gasteiger partial charge in [0.15, 0.2) is 34.0 Å². The number of hydrogen-bond acceptors (Lipinski definition) is 16. The van der Waals surface area contributed by atoms with Crippen LogP contribution >= 0.6 is 11.6 Å². The molecule has 6 N–H and O–H groups in total. The first-order valence-corrected chi connectivity index (χ1v) is 28.4. The van der Waals surface area contributed by atoms with Gasteiger partial charge < -0.3 is 40.6 Å². The number of fused-ring (bicyclic) bond motifs is 2. The Hall–Kier alpha value is -6.01. The molecule has 2 aliphatic carbocycles. The first-order valence-electron chi connectivity index (χ1n) is 25.1.